The zero-order valence-corrected chi connectivity index (χ0v) is 38.4. The van der Waals surface area contributed by atoms with Gasteiger partial charge in [0.1, 0.15) is 5.60 Å². The second kappa shape index (κ2) is 35.5. The lowest BCUT2D eigenvalue weighted by molar-refractivity contribution is -0.0399. The zero-order chi connectivity index (χ0) is 45.6. The molecule has 0 fully saturated rings. The van der Waals surface area contributed by atoms with Gasteiger partial charge in [-0.25, -0.2) is 0 Å². The third-order valence-corrected chi connectivity index (χ3v) is 10.6. The average molecular weight is 929 g/mol. The predicted molar refractivity (Wildman–Crippen MR) is 244 cm³/mol. The van der Waals surface area contributed by atoms with E-state index in [9.17, 15) is 8.42 Å². The first-order chi connectivity index (χ1) is 32.1. The molecular formula is C49H68O15S. The van der Waals surface area contributed by atoms with Gasteiger partial charge in [0.25, 0.3) is 10.1 Å². The van der Waals surface area contributed by atoms with Crippen LogP contribution in [0.3, 0.4) is 0 Å². The van der Waals surface area contributed by atoms with Crippen LogP contribution >= 0.6 is 0 Å². The van der Waals surface area contributed by atoms with Gasteiger partial charge in [0.2, 0.25) is 0 Å². The van der Waals surface area contributed by atoms with E-state index in [1.54, 1.807) is 18.2 Å². The summed E-state index contributed by atoms with van der Waals surface area (Å²) in [4.78, 5) is 0.117. The molecule has 0 aliphatic heterocycles. The molecule has 4 aromatic carbocycles. The van der Waals surface area contributed by atoms with E-state index >= 15 is 0 Å². The van der Waals surface area contributed by atoms with Crippen LogP contribution in [0.15, 0.2) is 126 Å². The zero-order valence-electron chi connectivity index (χ0n) is 37.5. The number of benzene rings is 4. The highest BCUT2D eigenvalue weighted by atomic mass is 32.2. The van der Waals surface area contributed by atoms with Gasteiger partial charge in [-0.2, -0.15) is 8.42 Å². The predicted octanol–water partition coefficient (Wildman–Crippen LogP) is 5.58. The Morgan fingerprint density at radius 1 is 0.277 bits per heavy atom. The molecule has 0 bridgehead atoms. The Hall–Kier alpha value is -3.69. The van der Waals surface area contributed by atoms with Crippen LogP contribution in [0.5, 0.6) is 0 Å². The Kier molecular flexibility index (Phi) is 29.4. The molecule has 0 radical (unpaired) electrons. The van der Waals surface area contributed by atoms with Crippen molar-refractivity contribution in [2.75, 3.05) is 159 Å². The molecule has 0 spiro atoms. The average Bonchev–Trinajstić information content (AvgIpc) is 3.35. The van der Waals surface area contributed by atoms with Crippen LogP contribution in [-0.4, -0.2) is 167 Å². The van der Waals surface area contributed by atoms with E-state index in [-0.39, 0.29) is 18.1 Å². The lowest BCUT2D eigenvalue weighted by Crippen LogP contribution is -2.34. The Morgan fingerprint density at radius 2 is 0.492 bits per heavy atom. The van der Waals surface area contributed by atoms with Gasteiger partial charge in [0.15, 0.2) is 0 Å². The molecule has 0 aliphatic carbocycles. The van der Waals surface area contributed by atoms with Gasteiger partial charge in [-0.05, 0) is 28.8 Å². The smallest absolute Gasteiger partial charge is 0.297 e. The van der Waals surface area contributed by atoms with Crippen LogP contribution in [0.2, 0.25) is 0 Å². The number of hydrogen-bond donors (Lipinski definition) is 0. The van der Waals surface area contributed by atoms with Crippen LogP contribution in [-0.2, 0) is 76.7 Å². The van der Waals surface area contributed by atoms with E-state index in [1.807, 2.05) is 54.6 Å². The fourth-order valence-electron chi connectivity index (χ4n) is 6.18. The molecule has 65 heavy (non-hydrogen) atoms. The van der Waals surface area contributed by atoms with Crippen molar-refractivity contribution in [3.05, 3.63) is 138 Å². The summed E-state index contributed by atoms with van der Waals surface area (Å²) >= 11 is 0. The summed E-state index contributed by atoms with van der Waals surface area (Å²) in [5.74, 6) is 0. The molecule has 0 unspecified atom stereocenters. The van der Waals surface area contributed by atoms with Crippen molar-refractivity contribution in [2.45, 2.75) is 10.5 Å². The monoisotopic (exact) mass is 928 g/mol. The third-order valence-electron chi connectivity index (χ3n) is 9.31. The van der Waals surface area contributed by atoms with Crippen LogP contribution in [0.25, 0.3) is 0 Å². The van der Waals surface area contributed by atoms with Crippen molar-refractivity contribution < 1.29 is 69.4 Å². The summed E-state index contributed by atoms with van der Waals surface area (Å²) in [6.07, 6.45) is 0. The van der Waals surface area contributed by atoms with Gasteiger partial charge in [0, 0.05) is 0 Å². The first-order valence-corrected chi connectivity index (χ1v) is 23.6. The Balaban J connectivity index is 0.823. The van der Waals surface area contributed by atoms with Crippen LogP contribution in [0.4, 0.5) is 0 Å². The van der Waals surface area contributed by atoms with Gasteiger partial charge in [-0.1, -0.05) is 109 Å². The first kappa shape index (κ1) is 53.9. The SMILES string of the molecule is O=S(=O)(OCCOCCOCCOCCOCCOCCOCCOCCOCCOCCOCCOCCOC(c1ccccc1)(c1ccccc1)c1ccccc1)c1ccccc1. The normalized spacial score (nSPS) is 11.9. The highest BCUT2D eigenvalue weighted by Crippen LogP contribution is 2.40. The Bertz CT molecular complexity index is 1700. The molecule has 0 N–H and O–H groups in total. The third kappa shape index (κ3) is 23.1. The molecule has 0 atom stereocenters. The topological polar surface area (TPSA) is 154 Å². The number of ether oxygens (including phenoxy) is 12. The highest BCUT2D eigenvalue weighted by Gasteiger charge is 2.37. The maximum atomic E-state index is 12.0. The van der Waals surface area contributed by atoms with E-state index in [0.717, 1.165) is 16.7 Å². The van der Waals surface area contributed by atoms with Gasteiger partial charge in [-0.3, -0.25) is 4.18 Å². The van der Waals surface area contributed by atoms with Crippen molar-refractivity contribution >= 4 is 10.1 Å². The minimum Gasteiger partial charge on any atom is -0.377 e. The van der Waals surface area contributed by atoms with Gasteiger partial charge >= 0.3 is 0 Å². The van der Waals surface area contributed by atoms with Crippen molar-refractivity contribution in [1.29, 1.82) is 0 Å². The summed E-state index contributed by atoms with van der Waals surface area (Å²) in [6.45, 7) is 9.98. The van der Waals surface area contributed by atoms with E-state index in [4.69, 9.17) is 61.0 Å². The first-order valence-electron chi connectivity index (χ1n) is 22.2. The molecule has 0 aliphatic rings. The van der Waals surface area contributed by atoms with Crippen LogP contribution < -0.4 is 0 Å². The number of hydrogen-bond acceptors (Lipinski definition) is 15. The molecular weight excluding hydrogens is 861 g/mol. The lowest BCUT2D eigenvalue weighted by Gasteiger charge is -2.36. The highest BCUT2D eigenvalue weighted by molar-refractivity contribution is 7.86. The van der Waals surface area contributed by atoms with E-state index < -0.39 is 15.7 Å². The summed E-state index contributed by atoms with van der Waals surface area (Å²) in [5, 5.41) is 0. The maximum absolute atomic E-state index is 12.0. The summed E-state index contributed by atoms with van der Waals surface area (Å²) in [5.41, 5.74) is 2.42. The largest absolute Gasteiger partial charge is 0.377 e. The molecule has 0 aromatic heterocycles. The van der Waals surface area contributed by atoms with Gasteiger partial charge in [0.05, 0.1) is 163 Å². The van der Waals surface area contributed by atoms with Crippen molar-refractivity contribution in [2.24, 2.45) is 0 Å². The second-order valence-electron chi connectivity index (χ2n) is 14.0. The molecule has 0 saturated carbocycles. The van der Waals surface area contributed by atoms with E-state index in [1.165, 1.54) is 12.1 Å². The quantitative estimate of drug-likeness (QED) is 0.0308. The van der Waals surface area contributed by atoms with Crippen molar-refractivity contribution in [3.63, 3.8) is 0 Å². The van der Waals surface area contributed by atoms with Crippen molar-refractivity contribution in [1.82, 2.24) is 0 Å². The summed E-state index contributed by atoms with van der Waals surface area (Å²) in [6, 6.07) is 38.9. The molecule has 0 heterocycles. The maximum Gasteiger partial charge on any atom is 0.297 e. The van der Waals surface area contributed by atoms with Crippen molar-refractivity contribution in [3.8, 4) is 0 Å². The summed E-state index contributed by atoms with van der Waals surface area (Å²) in [7, 11) is -3.77. The minimum atomic E-state index is -3.77. The Morgan fingerprint density at radius 3 is 0.754 bits per heavy atom. The molecule has 0 amide bonds. The lowest BCUT2D eigenvalue weighted by atomic mass is 9.80. The fourth-order valence-corrected chi connectivity index (χ4v) is 7.10. The van der Waals surface area contributed by atoms with E-state index in [2.05, 4.69) is 36.4 Å². The van der Waals surface area contributed by atoms with Crippen LogP contribution in [0, 0.1) is 0 Å². The second-order valence-corrected chi connectivity index (χ2v) is 15.6. The van der Waals surface area contributed by atoms with Gasteiger partial charge in [-0.15, -0.1) is 0 Å². The van der Waals surface area contributed by atoms with E-state index in [0.29, 0.717) is 145 Å². The standard InChI is InChI=1S/C49H68O15S/c50-65(51,48-19-11-4-12-20-48)64-44-42-62-40-38-60-36-34-58-32-30-56-28-26-54-24-22-52-21-23-53-25-27-55-29-31-57-33-35-59-37-39-61-41-43-63-49(45-13-5-1-6-14-45,46-15-7-2-8-16-46)47-17-9-3-10-18-47/h1-20H,21-44H2. The molecule has 15 nitrogen and oxygen atoms in total. The van der Waals surface area contributed by atoms with Gasteiger partial charge < -0.3 is 56.8 Å². The minimum absolute atomic E-state index is 0.0638. The Labute approximate surface area is 385 Å². The molecule has 4 aromatic rings. The number of rotatable bonds is 42. The molecule has 360 valence electrons. The molecule has 4 rings (SSSR count). The molecule has 16 heteroatoms. The molecule has 0 saturated heterocycles. The fraction of sp³-hybridized carbons (Fsp3) is 0.510. The van der Waals surface area contributed by atoms with Crippen LogP contribution in [0.1, 0.15) is 16.7 Å². The summed E-state index contributed by atoms with van der Waals surface area (Å²) < 4.78 is 96.7.